The average Bonchev–Trinajstić information content (AvgIpc) is 2.51. The number of amides is 1. The van der Waals surface area contributed by atoms with Crippen molar-refractivity contribution < 1.29 is 4.79 Å². The first kappa shape index (κ1) is 8.40. The summed E-state index contributed by atoms with van der Waals surface area (Å²) in [5.41, 5.74) is 0. The van der Waals surface area contributed by atoms with Gasteiger partial charge in [0.25, 0.3) is 11.9 Å². The molecule has 1 heterocycles. The zero-order valence-corrected chi connectivity index (χ0v) is 6.48. The van der Waals surface area contributed by atoms with E-state index in [4.69, 9.17) is 5.84 Å². The summed E-state index contributed by atoms with van der Waals surface area (Å²) in [5.74, 6) is 5.16. The van der Waals surface area contributed by atoms with Gasteiger partial charge in [0.15, 0.2) is 0 Å². The molecule has 0 spiro atoms. The van der Waals surface area contributed by atoms with Crippen LogP contribution in [0.4, 0.5) is 5.95 Å². The maximum atomic E-state index is 10.9. The number of nitrogens with two attached hydrogens (primary N) is 1. The molecule has 12 heavy (non-hydrogen) atoms. The second-order valence-electron chi connectivity index (χ2n) is 2.09. The Balaban J connectivity index is 2.32. The summed E-state index contributed by atoms with van der Waals surface area (Å²) in [4.78, 5) is 10.9. The third-order valence-corrected chi connectivity index (χ3v) is 1.14. The van der Waals surface area contributed by atoms with Gasteiger partial charge >= 0.3 is 0 Å². The Morgan fingerprint density at radius 3 is 3.08 bits per heavy atom. The van der Waals surface area contributed by atoms with Crippen LogP contribution < -0.4 is 11.2 Å². The fraction of sp³-hybridized carbons (Fsp3) is 0.500. The number of aromatic amines is 1. The highest BCUT2D eigenvalue weighted by Gasteiger charge is 2.04. The molecule has 0 aliphatic rings. The molecule has 8 nitrogen and oxygen atoms in total. The van der Waals surface area contributed by atoms with Gasteiger partial charge < -0.3 is 5.32 Å². The lowest BCUT2D eigenvalue weighted by molar-refractivity contribution is -0.128. The van der Waals surface area contributed by atoms with Crippen molar-refractivity contribution in [3.63, 3.8) is 0 Å². The molecule has 4 N–H and O–H groups in total. The van der Waals surface area contributed by atoms with E-state index in [1.165, 1.54) is 7.05 Å². The summed E-state index contributed by atoms with van der Waals surface area (Å²) in [6, 6.07) is 0. The van der Waals surface area contributed by atoms with Gasteiger partial charge in [0.05, 0.1) is 6.54 Å². The Hall–Kier alpha value is -1.70. The topological polar surface area (TPSA) is 113 Å². The Morgan fingerprint density at radius 2 is 2.58 bits per heavy atom. The molecule has 0 fully saturated rings. The standard InChI is InChI=1S/C4H9N7O/c1-11(5)3(12)2-6-4-7-9-10-8-4/h2,5H2,1H3,(H2,6,7,8,9,10). The molecule has 0 aliphatic carbocycles. The summed E-state index contributed by atoms with van der Waals surface area (Å²) in [5, 5.41) is 16.3. The van der Waals surface area contributed by atoms with Crippen LogP contribution in [0.3, 0.4) is 0 Å². The maximum Gasteiger partial charge on any atom is 0.263 e. The number of nitrogens with zero attached hydrogens (tertiary/aromatic N) is 4. The van der Waals surface area contributed by atoms with Crippen LogP contribution in [-0.2, 0) is 4.79 Å². The molecular weight excluding hydrogens is 162 g/mol. The second-order valence-corrected chi connectivity index (χ2v) is 2.09. The Labute approximate surface area is 68.1 Å². The lowest BCUT2D eigenvalue weighted by Gasteiger charge is -2.08. The fourth-order valence-corrected chi connectivity index (χ4v) is 0.516. The number of rotatable bonds is 3. The molecule has 66 valence electrons. The van der Waals surface area contributed by atoms with Gasteiger partial charge in [0.1, 0.15) is 0 Å². The number of hydrazine groups is 1. The van der Waals surface area contributed by atoms with Crippen molar-refractivity contribution in [2.75, 3.05) is 18.9 Å². The van der Waals surface area contributed by atoms with E-state index in [0.29, 0.717) is 0 Å². The van der Waals surface area contributed by atoms with Crippen LogP contribution in [0.25, 0.3) is 0 Å². The molecule has 8 heteroatoms. The summed E-state index contributed by atoms with van der Waals surface area (Å²) in [6.45, 7) is 0.0481. The summed E-state index contributed by atoms with van der Waals surface area (Å²) in [7, 11) is 1.46. The van der Waals surface area contributed by atoms with Crippen molar-refractivity contribution in [2.45, 2.75) is 0 Å². The van der Waals surface area contributed by atoms with E-state index in [1.807, 2.05) is 0 Å². The minimum Gasteiger partial charge on any atom is -0.342 e. The van der Waals surface area contributed by atoms with Crippen molar-refractivity contribution in [3.8, 4) is 0 Å². The molecule has 0 atom stereocenters. The molecule has 1 rings (SSSR count). The van der Waals surface area contributed by atoms with E-state index < -0.39 is 0 Å². The average molecular weight is 171 g/mol. The van der Waals surface area contributed by atoms with Crippen LogP contribution in [0.15, 0.2) is 0 Å². The second kappa shape index (κ2) is 3.62. The van der Waals surface area contributed by atoms with Gasteiger partial charge in [-0.25, -0.2) is 5.84 Å². The van der Waals surface area contributed by atoms with Crippen molar-refractivity contribution >= 4 is 11.9 Å². The van der Waals surface area contributed by atoms with Gasteiger partial charge in [-0.1, -0.05) is 5.10 Å². The number of aromatic nitrogens is 4. The van der Waals surface area contributed by atoms with Crippen LogP contribution in [0.5, 0.6) is 0 Å². The van der Waals surface area contributed by atoms with E-state index in [-0.39, 0.29) is 18.4 Å². The summed E-state index contributed by atoms with van der Waals surface area (Å²) < 4.78 is 0. The van der Waals surface area contributed by atoms with Gasteiger partial charge in [-0.3, -0.25) is 9.80 Å². The Morgan fingerprint density at radius 1 is 1.83 bits per heavy atom. The molecule has 0 radical (unpaired) electrons. The number of likely N-dealkylation sites (N-methyl/N-ethyl adjacent to an activating group) is 1. The molecule has 1 aromatic heterocycles. The first-order valence-corrected chi connectivity index (χ1v) is 3.18. The highest BCUT2D eigenvalue weighted by Crippen LogP contribution is 1.88. The number of H-pyrrole nitrogens is 1. The third-order valence-electron chi connectivity index (χ3n) is 1.14. The van der Waals surface area contributed by atoms with Crippen LogP contribution in [0.2, 0.25) is 0 Å². The fourth-order valence-electron chi connectivity index (χ4n) is 0.516. The van der Waals surface area contributed by atoms with Crippen LogP contribution in [0.1, 0.15) is 0 Å². The maximum absolute atomic E-state index is 10.9. The quantitative estimate of drug-likeness (QED) is 0.274. The van der Waals surface area contributed by atoms with Gasteiger partial charge in [-0.2, -0.15) is 5.21 Å². The van der Waals surface area contributed by atoms with E-state index >= 15 is 0 Å². The number of carbonyl (C=O) groups excluding carboxylic acids is 1. The van der Waals surface area contributed by atoms with Crippen LogP contribution in [0, 0.1) is 0 Å². The zero-order chi connectivity index (χ0) is 8.97. The highest BCUT2D eigenvalue weighted by atomic mass is 16.2. The van der Waals surface area contributed by atoms with Crippen LogP contribution in [-0.4, -0.2) is 45.1 Å². The Bertz CT molecular complexity index is 242. The van der Waals surface area contributed by atoms with Crippen molar-refractivity contribution in [2.24, 2.45) is 5.84 Å². The summed E-state index contributed by atoms with van der Waals surface area (Å²) >= 11 is 0. The van der Waals surface area contributed by atoms with Gasteiger partial charge in [0, 0.05) is 7.05 Å². The number of nitrogens with one attached hydrogen (secondary N) is 2. The van der Waals surface area contributed by atoms with Crippen molar-refractivity contribution in [3.05, 3.63) is 0 Å². The molecule has 1 amide bonds. The lowest BCUT2D eigenvalue weighted by Crippen LogP contribution is -2.37. The minimum absolute atomic E-state index is 0.0481. The number of hydrogen-bond donors (Lipinski definition) is 3. The van der Waals surface area contributed by atoms with E-state index in [9.17, 15) is 4.79 Å². The SMILES string of the molecule is CN(N)C(=O)CNc1nn[nH]n1. The zero-order valence-electron chi connectivity index (χ0n) is 6.48. The molecule has 0 aromatic carbocycles. The number of carbonyl (C=O) groups is 1. The largest absolute Gasteiger partial charge is 0.342 e. The smallest absolute Gasteiger partial charge is 0.263 e. The molecule has 0 saturated carbocycles. The molecule has 0 unspecified atom stereocenters. The van der Waals surface area contributed by atoms with Crippen molar-refractivity contribution in [1.29, 1.82) is 0 Å². The molecule has 0 bridgehead atoms. The monoisotopic (exact) mass is 171 g/mol. The predicted octanol–water partition coefficient (Wildman–Crippen LogP) is -2.06. The third kappa shape index (κ3) is 2.16. The van der Waals surface area contributed by atoms with Gasteiger partial charge in [0.2, 0.25) is 0 Å². The van der Waals surface area contributed by atoms with E-state index in [0.717, 1.165) is 5.01 Å². The van der Waals surface area contributed by atoms with E-state index in [2.05, 4.69) is 25.9 Å². The van der Waals surface area contributed by atoms with Gasteiger partial charge in [-0.15, -0.1) is 5.10 Å². The molecular formula is C4H9N7O. The van der Waals surface area contributed by atoms with E-state index in [1.54, 1.807) is 0 Å². The number of tetrazole rings is 1. The predicted molar refractivity (Wildman–Crippen MR) is 39.6 cm³/mol. The lowest BCUT2D eigenvalue weighted by atomic mass is 10.6. The number of hydrogen-bond acceptors (Lipinski definition) is 6. The number of anilines is 1. The minimum atomic E-state index is -0.264. The summed E-state index contributed by atoms with van der Waals surface area (Å²) in [6.07, 6.45) is 0. The molecule has 0 aliphatic heterocycles. The molecule has 0 saturated heterocycles. The van der Waals surface area contributed by atoms with Gasteiger partial charge in [-0.05, 0) is 5.21 Å². The molecule has 1 aromatic rings. The van der Waals surface area contributed by atoms with Crippen LogP contribution >= 0.6 is 0 Å². The first-order valence-electron chi connectivity index (χ1n) is 3.18. The normalized spacial score (nSPS) is 9.50. The Kier molecular flexibility index (Phi) is 2.53. The first-order chi connectivity index (χ1) is 5.70. The van der Waals surface area contributed by atoms with Crippen molar-refractivity contribution in [1.82, 2.24) is 25.6 Å². The highest BCUT2D eigenvalue weighted by molar-refractivity contribution is 5.79.